The van der Waals surface area contributed by atoms with Crippen LogP contribution in [0.4, 0.5) is 0 Å². The van der Waals surface area contributed by atoms with Crippen LogP contribution in [0.1, 0.15) is 0 Å². The molecule has 0 bridgehead atoms. The summed E-state index contributed by atoms with van der Waals surface area (Å²) in [5.41, 5.74) is 11.1. The van der Waals surface area contributed by atoms with Crippen LogP contribution in [-0.2, 0) is 0 Å². The van der Waals surface area contributed by atoms with E-state index in [9.17, 15) is 0 Å². The molecule has 4 heteroatoms. The van der Waals surface area contributed by atoms with Crippen molar-refractivity contribution in [3.63, 3.8) is 0 Å². The minimum atomic E-state index is 0.912. The van der Waals surface area contributed by atoms with Gasteiger partial charge in [-0.3, -0.25) is 0 Å². The largest absolute Gasteiger partial charge is 0.456 e. The van der Waals surface area contributed by atoms with Crippen LogP contribution in [0, 0.1) is 0 Å². The van der Waals surface area contributed by atoms with Gasteiger partial charge < -0.3 is 4.42 Å². The van der Waals surface area contributed by atoms with Crippen LogP contribution in [0.3, 0.4) is 0 Å². The van der Waals surface area contributed by atoms with Gasteiger partial charge in [0, 0.05) is 16.3 Å². The molecule has 148 valence electrons. The molecule has 0 unspecified atom stereocenters. The van der Waals surface area contributed by atoms with Crippen molar-refractivity contribution in [2.45, 2.75) is 0 Å². The summed E-state index contributed by atoms with van der Waals surface area (Å²) >= 11 is 1.26. The van der Waals surface area contributed by atoms with E-state index in [1.165, 1.54) is 50.3 Å². The second-order valence-corrected chi connectivity index (χ2v) is 8.85. The highest BCUT2D eigenvalue weighted by Crippen LogP contribution is 2.54. The van der Waals surface area contributed by atoms with E-state index >= 15 is 0 Å². The Morgan fingerprint density at radius 3 is 2.38 bits per heavy atom. The summed E-state index contributed by atoms with van der Waals surface area (Å²) in [7, 11) is 0. The van der Waals surface area contributed by atoms with Crippen molar-refractivity contribution in [3.05, 3.63) is 84.9 Å². The first kappa shape index (κ1) is 16.6. The fourth-order valence-electron chi connectivity index (χ4n) is 5.38. The molecular formula is C28H14N2OS. The molecule has 0 saturated heterocycles. The number of benzene rings is 5. The lowest BCUT2D eigenvalue weighted by Crippen LogP contribution is -1.87. The summed E-state index contributed by atoms with van der Waals surface area (Å²) in [5, 5.41) is 4.88. The molecular weight excluding hydrogens is 412 g/mol. The van der Waals surface area contributed by atoms with Crippen LogP contribution < -0.4 is 0 Å². The van der Waals surface area contributed by atoms with Crippen LogP contribution in [0.5, 0.6) is 0 Å². The fraction of sp³-hybridized carbons (Fsp3) is 0. The van der Waals surface area contributed by atoms with Crippen molar-refractivity contribution in [3.8, 4) is 33.4 Å². The first-order valence-corrected chi connectivity index (χ1v) is 11.3. The predicted molar refractivity (Wildman–Crippen MR) is 132 cm³/mol. The Kier molecular flexibility index (Phi) is 3.02. The molecule has 0 fully saturated rings. The molecule has 0 saturated carbocycles. The molecule has 7 aromatic rings. The van der Waals surface area contributed by atoms with Gasteiger partial charge in [-0.05, 0) is 62.9 Å². The summed E-state index contributed by atoms with van der Waals surface area (Å²) < 4.78 is 15.3. The lowest BCUT2D eigenvalue weighted by atomic mass is 9.89. The van der Waals surface area contributed by atoms with Gasteiger partial charge in [0.25, 0.3) is 0 Å². The van der Waals surface area contributed by atoms with Gasteiger partial charge in [0.2, 0.25) is 0 Å². The van der Waals surface area contributed by atoms with Gasteiger partial charge in [-0.2, -0.15) is 8.75 Å². The molecule has 1 aliphatic carbocycles. The number of fused-ring (bicyclic) bond motifs is 7. The van der Waals surface area contributed by atoms with Gasteiger partial charge in [0.15, 0.2) is 0 Å². The number of furan rings is 1. The van der Waals surface area contributed by atoms with Gasteiger partial charge in [-0.25, -0.2) is 0 Å². The molecule has 2 heterocycles. The van der Waals surface area contributed by atoms with Gasteiger partial charge >= 0.3 is 0 Å². The maximum absolute atomic E-state index is 6.38. The minimum Gasteiger partial charge on any atom is -0.456 e. The van der Waals surface area contributed by atoms with Gasteiger partial charge in [0.05, 0.1) is 11.7 Å². The van der Waals surface area contributed by atoms with Crippen molar-refractivity contribution < 1.29 is 4.42 Å². The molecule has 8 rings (SSSR count). The average molecular weight is 427 g/mol. The van der Waals surface area contributed by atoms with E-state index in [1.807, 2.05) is 12.1 Å². The first-order chi connectivity index (χ1) is 15.9. The van der Waals surface area contributed by atoms with Crippen molar-refractivity contribution in [1.82, 2.24) is 8.75 Å². The van der Waals surface area contributed by atoms with Gasteiger partial charge in [-0.1, -0.05) is 60.7 Å². The van der Waals surface area contributed by atoms with Crippen molar-refractivity contribution >= 4 is 55.5 Å². The monoisotopic (exact) mass is 426 g/mol. The lowest BCUT2D eigenvalue weighted by Gasteiger charge is -2.13. The minimum absolute atomic E-state index is 0.912. The first-order valence-electron chi connectivity index (χ1n) is 10.6. The van der Waals surface area contributed by atoms with Crippen LogP contribution in [-0.4, -0.2) is 8.75 Å². The number of nitrogens with zero attached hydrogens (tertiary/aromatic N) is 2. The molecule has 0 N–H and O–H groups in total. The van der Waals surface area contributed by atoms with E-state index in [2.05, 4.69) is 81.5 Å². The summed E-state index contributed by atoms with van der Waals surface area (Å²) in [6.45, 7) is 0. The third-order valence-corrected chi connectivity index (χ3v) is 7.23. The zero-order chi connectivity index (χ0) is 20.8. The third-order valence-electron chi connectivity index (χ3n) is 6.67. The fourth-order valence-corrected chi connectivity index (χ4v) is 5.90. The summed E-state index contributed by atoms with van der Waals surface area (Å²) in [6.07, 6.45) is 0. The lowest BCUT2D eigenvalue weighted by molar-refractivity contribution is 0.669. The normalized spacial score (nSPS) is 12.4. The molecule has 5 aromatic carbocycles. The Morgan fingerprint density at radius 2 is 1.44 bits per heavy atom. The predicted octanol–water partition coefficient (Wildman–Crippen LogP) is 8.06. The van der Waals surface area contributed by atoms with Crippen LogP contribution in [0.15, 0.2) is 89.3 Å². The molecule has 0 atom stereocenters. The van der Waals surface area contributed by atoms with Crippen LogP contribution >= 0.6 is 11.7 Å². The van der Waals surface area contributed by atoms with Crippen molar-refractivity contribution in [2.75, 3.05) is 0 Å². The Bertz CT molecular complexity index is 1890. The number of para-hydroxylation sites is 1. The maximum Gasteiger partial charge on any atom is 0.136 e. The molecule has 0 spiro atoms. The Balaban J connectivity index is 1.63. The Morgan fingerprint density at radius 1 is 0.594 bits per heavy atom. The molecule has 2 aromatic heterocycles. The molecule has 0 radical (unpaired) electrons. The number of hydrogen-bond acceptors (Lipinski definition) is 4. The van der Waals surface area contributed by atoms with E-state index in [1.54, 1.807) is 0 Å². The van der Waals surface area contributed by atoms with Crippen molar-refractivity contribution in [1.29, 1.82) is 0 Å². The molecule has 32 heavy (non-hydrogen) atoms. The highest BCUT2D eigenvalue weighted by atomic mass is 32.1. The van der Waals surface area contributed by atoms with Crippen LogP contribution in [0.2, 0.25) is 0 Å². The van der Waals surface area contributed by atoms with Gasteiger partial charge in [-0.15, -0.1) is 0 Å². The van der Waals surface area contributed by atoms with Gasteiger partial charge in [0.1, 0.15) is 22.2 Å². The van der Waals surface area contributed by atoms with E-state index in [0.717, 1.165) is 38.5 Å². The SMILES string of the molecule is c1cc2c3c(cccc3c1)-c1c-2cc2oc3ccccc3c2c1-c1ccc2nsnc2c1. The number of hydrogen-bond donors (Lipinski definition) is 0. The highest BCUT2D eigenvalue weighted by molar-refractivity contribution is 7.00. The third kappa shape index (κ3) is 2.00. The summed E-state index contributed by atoms with van der Waals surface area (Å²) in [4.78, 5) is 0. The second-order valence-electron chi connectivity index (χ2n) is 8.32. The Labute approximate surface area is 186 Å². The standard InChI is InChI=1S/C28H14N2OS/c1-2-10-23-18(7-1)28-24(31-23)14-20-17-8-3-5-15-6-4-9-19(25(15)17)27(20)26(28)16-11-12-21-22(13-16)30-32-29-21/h1-14H. The zero-order valence-corrected chi connectivity index (χ0v) is 17.6. The van der Waals surface area contributed by atoms with E-state index in [4.69, 9.17) is 4.42 Å². The molecule has 0 amide bonds. The molecule has 3 nitrogen and oxygen atoms in total. The maximum atomic E-state index is 6.38. The second kappa shape index (κ2) is 5.81. The number of aromatic nitrogens is 2. The van der Waals surface area contributed by atoms with E-state index < -0.39 is 0 Å². The summed E-state index contributed by atoms with van der Waals surface area (Å²) in [6, 6.07) is 30.1. The highest BCUT2D eigenvalue weighted by Gasteiger charge is 2.28. The zero-order valence-electron chi connectivity index (χ0n) is 16.8. The molecule has 0 aliphatic heterocycles. The van der Waals surface area contributed by atoms with Crippen LogP contribution in [0.25, 0.3) is 77.1 Å². The number of rotatable bonds is 1. The van der Waals surface area contributed by atoms with Crippen molar-refractivity contribution in [2.24, 2.45) is 0 Å². The topological polar surface area (TPSA) is 38.9 Å². The smallest absolute Gasteiger partial charge is 0.136 e. The Hall–Kier alpha value is -4.02. The van der Waals surface area contributed by atoms with E-state index in [-0.39, 0.29) is 0 Å². The summed E-state index contributed by atoms with van der Waals surface area (Å²) in [5.74, 6) is 0. The average Bonchev–Trinajstić information content (AvgIpc) is 3.53. The molecule has 1 aliphatic rings. The van der Waals surface area contributed by atoms with E-state index in [0.29, 0.717) is 0 Å². The quantitative estimate of drug-likeness (QED) is 0.266.